The Morgan fingerprint density at radius 3 is 2.48 bits per heavy atom. The Hall–Kier alpha value is -3.23. The molecule has 3 aromatic rings. The van der Waals surface area contributed by atoms with E-state index in [9.17, 15) is 17.6 Å². The van der Waals surface area contributed by atoms with Crippen molar-refractivity contribution in [1.29, 1.82) is 0 Å². The number of benzene rings is 3. The average Bonchev–Trinajstić information content (AvgIpc) is 2.73. The average molecular weight is 443 g/mol. The number of nitrogens with one attached hydrogen (secondary N) is 2. The first kappa shape index (κ1) is 22.5. The molecule has 0 atom stereocenters. The molecular weight excluding hydrogens is 419 g/mol. The molecule has 0 heterocycles. The third-order valence-electron chi connectivity index (χ3n) is 4.51. The van der Waals surface area contributed by atoms with Crippen LogP contribution in [0.2, 0.25) is 0 Å². The van der Waals surface area contributed by atoms with E-state index in [2.05, 4.69) is 10.0 Å². The monoisotopic (exact) mass is 442 g/mol. The van der Waals surface area contributed by atoms with Crippen LogP contribution in [0, 0.1) is 12.7 Å². The van der Waals surface area contributed by atoms with E-state index in [-0.39, 0.29) is 29.4 Å². The van der Waals surface area contributed by atoms with Crippen LogP contribution in [0.15, 0.2) is 71.6 Å². The molecule has 3 aromatic carbocycles. The summed E-state index contributed by atoms with van der Waals surface area (Å²) in [5, 5.41) is 2.77. The Kier molecular flexibility index (Phi) is 7.04. The minimum Gasteiger partial charge on any atom is -0.489 e. The van der Waals surface area contributed by atoms with Gasteiger partial charge in [0.25, 0.3) is 5.91 Å². The number of hydrogen-bond acceptors (Lipinski definition) is 4. The van der Waals surface area contributed by atoms with Gasteiger partial charge in [-0.05, 0) is 54.4 Å². The van der Waals surface area contributed by atoms with Gasteiger partial charge in [-0.2, -0.15) is 0 Å². The molecule has 0 aliphatic rings. The van der Waals surface area contributed by atoms with Crippen LogP contribution in [0.5, 0.6) is 5.75 Å². The summed E-state index contributed by atoms with van der Waals surface area (Å²) >= 11 is 0. The van der Waals surface area contributed by atoms with E-state index in [0.29, 0.717) is 17.0 Å². The molecule has 3 rings (SSSR count). The summed E-state index contributed by atoms with van der Waals surface area (Å²) in [5.41, 5.74) is 2.22. The molecule has 8 heteroatoms. The van der Waals surface area contributed by atoms with Crippen LogP contribution in [-0.4, -0.2) is 20.9 Å². The van der Waals surface area contributed by atoms with E-state index in [0.717, 1.165) is 5.56 Å². The van der Waals surface area contributed by atoms with Gasteiger partial charge in [-0.1, -0.05) is 31.2 Å². The number of sulfonamides is 1. The molecule has 162 valence electrons. The molecule has 0 aliphatic carbocycles. The Morgan fingerprint density at radius 2 is 1.77 bits per heavy atom. The van der Waals surface area contributed by atoms with E-state index in [1.807, 2.05) is 0 Å². The van der Waals surface area contributed by atoms with Crippen molar-refractivity contribution < 1.29 is 22.3 Å². The van der Waals surface area contributed by atoms with Gasteiger partial charge in [0.2, 0.25) is 10.0 Å². The van der Waals surface area contributed by atoms with Crippen molar-refractivity contribution in [2.24, 2.45) is 0 Å². The van der Waals surface area contributed by atoms with Crippen LogP contribution >= 0.6 is 0 Å². The summed E-state index contributed by atoms with van der Waals surface area (Å²) < 4.78 is 45.6. The molecule has 0 spiro atoms. The zero-order valence-corrected chi connectivity index (χ0v) is 18.0. The van der Waals surface area contributed by atoms with Crippen molar-refractivity contribution in [1.82, 2.24) is 4.72 Å². The minimum atomic E-state index is -3.67. The van der Waals surface area contributed by atoms with Crippen molar-refractivity contribution in [2.75, 3.05) is 11.9 Å². The lowest BCUT2D eigenvalue weighted by molar-refractivity contribution is 0.102. The van der Waals surface area contributed by atoms with Gasteiger partial charge in [0.1, 0.15) is 18.2 Å². The Balaban J connectivity index is 1.73. The largest absolute Gasteiger partial charge is 0.489 e. The van der Waals surface area contributed by atoms with Crippen LogP contribution in [0.4, 0.5) is 10.1 Å². The van der Waals surface area contributed by atoms with Gasteiger partial charge in [-0.3, -0.25) is 4.79 Å². The summed E-state index contributed by atoms with van der Waals surface area (Å²) in [4.78, 5) is 12.8. The molecule has 0 unspecified atom stereocenters. The maximum atomic E-state index is 13.0. The maximum absolute atomic E-state index is 13.0. The molecule has 0 bridgehead atoms. The van der Waals surface area contributed by atoms with Gasteiger partial charge in [0, 0.05) is 23.9 Å². The van der Waals surface area contributed by atoms with E-state index < -0.39 is 15.9 Å². The zero-order valence-electron chi connectivity index (χ0n) is 17.2. The topological polar surface area (TPSA) is 84.5 Å². The maximum Gasteiger partial charge on any atom is 0.255 e. The molecule has 31 heavy (non-hydrogen) atoms. The number of halogens is 1. The molecule has 0 aromatic heterocycles. The van der Waals surface area contributed by atoms with Crippen LogP contribution in [0.3, 0.4) is 0 Å². The van der Waals surface area contributed by atoms with Gasteiger partial charge in [-0.25, -0.2) is 17.5 Å². The van der Waals surface area contributed by atoms with E-state index in [4.69, 9.17) is 4.74 Å². The molecular formula is C23H23FN2O4S. The molecule has 1 amide bonds. The fourth-order valence-corrected chi connectivity index (χ4v) is 3.96. The van der Waals surface area contributed by atoms with Crippen molar-refractivity contribution in [2.45, 2.75) is 25.3 Å². The quantitative estimate of drug-likeness (QED) is 0.546. The van der Waals surface area contributed by atoms with Crippen molar-refractivity contribution in [3.05, 3.63) is 89.2 Å². The number of carbonyl (C=O) groups is 1. The second-order valence-corrected chi connectivity index (χ2v) is 8.64. The molecule has 0 fully saturated rings. The SMILES string of the molecule is CCNS(=O)(=O)c1ccc(C)c(C(=O)Nc2cccc(OCc3ccc(F)cc3)c2)c1. The normalized spacial score (nSPS) is 11.2. The number of aryl methyl sites for hydroxylation is 1. The standard InChI is InChI=1S/C23H23FN2O4S/c1-3-25-31(28,29)21-12-7-16(2)22(14-21)23(27)26-19-5-4-6-20(13-19)30-15-17-8-10-18(24)11-9-17/h4-14,25H,3,15H2,1-2H3,(H,26,27). The fraction of sp³-hybridized carbons (Fsp3) is 0.174. The van der Waals surface area contributed by atoms with Gasteiger partial charge in [0.05, 0.1) is 4.90 Å². The van der Waals surface area contributed by atoms with Crippen LogP contribution in [-0.2, 0) is 16.6 Å². The predicted octanol–water partition coefficient (Wildman–Crippen LogP) is 4.26. The van der Waals surface area contributed by atoms with E-state index in [1.54, 1.807) is 56.3 Å². The first-order chi connectivity index (χ1) is 14.8. The Bertz CT molecular complexity index is 1180. The fourth-order valence-electron chi connectivity index (χ4n) is 2.90. The predicted molar refractivity (Wildman–Crippen MR) is 117 cm³/mol. The lowest BCUT2D eigenvalue weighted by atomic mass is 10.1. The smallest absolute Gasteiger partial charge is 0.255 e. The highest BCUT2D eigenvalue weighted by Gasteiger charge is 2.17. The van der Waals surface area contributed by atoms with E-state index in [1.165, 1.54) is 24.3 Å². The molecule has 0 saturated carbocycles. The summed E-state index contributed by atoms with van der Waals surface area (Å²) in [6.07, 6.45) is 0. The van der Waals surface area contributed by atoms with E-state index >= 15 is 0 Å². The molecule has 0 aliphatic heterocycles. The number of rotatable bonds is 8. The number of hydrogen-bond donors (Lipinski definition) is 2. The van der Waals surface area contributed by atoms with Gasteiger partial charge in [0.15, 0.2) is 0 Å². The molecule has 6 nitrogen and oxygen atoms in total. The van der Waals surface area contributed by atoms with Crippen molar-refractivity contribution in [3.63, 3.8) is 0 Å². The first-order valence-corrected chi connectivity index (χ1v) is 11.2. The number of amides is 1. The highest BCUT2D eigenvalue weighted by atomic mass is 32.2. The van der Waals surface area contributed by atoms with Crippen molar-refractivity contribution >= 4 is 21.6 Å². The molecule has 2 N–H and O–H groups in total. The van der Waals surface area contributed by atoms with Gasteiger partial charge >= 0.3 is 0 Å². The Morgan fingerprint density at radius 1 is 1.03 bits per heavy atom. The number of ether oxygens (including phenoxy) is 1. The van der Waals surface area contributed by atoms with Crippen LogP contribution < -0.4 is 14.8 Å². The highest BCUT2D eigenvalue weighted by Crippen LogP contribution is 2.21. The van der Waals surface area contributed by atoms with Gasteiger partial charge in [-0.15, -0.1) is 0 Å². The van der Waals surface area contributed by atoms with Crippen molar-refractivity contribution in [3.8, 4) is 5.75 Å². The third-order valence-corrected chi connectivity index (χ3v) is 6.05. The van der Waals surface area contributed by atoms with Crippen LogP contribution in [0.1, 0.15) is 28.4 Å². The lowest BCUT2D eigenvalue weighted by Crippen LogP contribution is -2.24. The Labute approximate surface area is 181 Å². The van der Waals surface area contributed by atoms with Gasteiger partial charge < -0.3 is 10.1 Å². The number of anilines is 1. The number of carbonyl (C=O) groups excluding carboxylic acids is 1. The zero-order chi connectivity index (χ0) is 22.4. The summed E-state index contributed by atoms with van der Waals surface area (Å²) in [6, 6.07) is 17.3. The first-order valence-electron chi connectivity index (χ1n) is 9.67. The minimum absolute atomic E-state index is 0.0291. The molecule has 0 radical (unpaired) electrons. The third kappa shape index (κ3) is 5.90. The lowest BCUT2D eigenvalue weighted by Gasteiger charge is -2.12. The summed E-state index contributed by atoms with van der Waals surface area (Å²) in [6.45, 7) is 3.93. The highest BCUT2D eigenvalue weighted by molar-refractivity contribution is 7.89. The molecule has 0 saturated heterocycles. The van der Waals surface area contributed by atoms with Crippen LogP contribution in [0.25, 0.3) is 0 Å². The summed E-state index contributed by atoms with van der Waals surface area (Å²) in [7, 11) is -3.67. The summed E-state index contributed by atoms with van der Waals surface area (Å²) in [5.74, 6) is -0.213. The second-order valence-electron chi connectivity index (χ2n) is 6.88. The second kappa shape index (κ2) is 9.72.